The van der Waals surface area contributed by atoms with Crippen LogP contribution in [0.4, 0.5) is 5.69 Å². The van der Waals surface area contributed by atoms with Crippen molar-refractivity contribution in [3.8, 4) is 17.2 Å². The Morgan fingerprint density at radius 1 is 1.16 bits per heavy atom. The van der Waals surface area contributed by atoms with E-state index in [2.05, 4.69) is 10.4 Å². The molecule has 3 rings (SSSR count). The van der Waals surface area contributed by atoms with Crippen LogP contribution in [0, 0.1) is 17.0 Å². The molecule has 0 atom stereocenters. The van der Waals surface area contributed by atoms with Crippen molar-refractivity contribution in [2.75, 3.05) is 20.8 Å². The second kappa shape index (κ2) is 9.73. The third-order valence-corrected chi connectivity index (χ3v) is 4.80. The first-order valence-electron chi connectivity index (χ1n) is 9.69. The average Bonchev–Trinajstić information content (AvgIpc) is 2.79. The molecule has 3 aromatic rings. The van der Waals surface area contributed by atoms with Gasteiger partial charge in [0.05, 0.1) is 19.1 Å². The van der Waals surface area contributed by atoms with Crippen LogP contribution in [0.3, 0.4) is 0 Å². The van der Waals surface area contributed by atoms with Crippen molar-refractivity contribution >= 4 is 11.6 Å². The van der Waals surface area contributed by atoms with Gasteiger partial charge in [-0.05, 0) is 43.2 Å². The Morgan fingerprint density at radius 2 is 1.91 bits per heavy atom. The largest absolute Gasteiger partial charge is 0.497 e. The number of nitrogens with one attached hydrogen (secondary N) is 1. The van der Waals surface area contributed by atoms with Gasteiger partial charge in [-0.15, -0.1) is 0 Å². The SMILES string of the molecule is COc1ccc(OC)c(CCNC(=O)c2nn(-c3ccccc3[N+](=O)[O-])c(C)cc2=O)c1. The molecule has 10 heteroatoms. The number of benzene rings is 2. The number of methoxy groups -OCH3 is 2. The molecule has 0 bridgehead atoms. The Labute approximate surface area is 183 Å². The fraction of sp³-hybridized carbons (Fsp3) is 0.227. The van der Waals surface area contributed by atoms with Crippen molar-refractivity contribution in [1.29, 1.82) is 0 Å². The number of ether oxygens (including phenoxy) is 2. The maximum absolute atomic E-state index is 12.7. The summed E-state index contributed by atoms with van der Waals surface area (Å²) in [7, 11) is 3.10. The summed E-state index contributed by atoms with van der Waals surface area (Å²) in [5, 5.41) is 18.2. The van der Waals surface area contributed by atoms with Gasteiger partial charge in [-0.25, -0.2) is 4.68 Å². The molecule has 0 saturated heterocycles. The van der Waals surface area contributed by atoms with E-state index in [1.54, 1.807) is 45.4 Å². The van der Waals surface area contributed by atoms with Gasteiger partial charge in [-0.1, -0.05) is 12.1 Å². The van der Waals surface area contributed by atoms with Gasteiger partial charge in [-0.3, -0.25) is 19.7 Å². The van der Waals surface area contributed by atoms with Gasteiger partial charge in [0, 0.05) is 24.4 Å². The summed E-state index contributed by atoms with van der Waals surface area (Å²) in [5.41, 5.74) is 0.219. The van der Waals surface area contributed by atoms with E-state index >= 15 is 0 Å². The maximum Gasteiger partial charge on any atom is 0.294 e. The molecule has 2 aromatic carbocycles. The van der Waals surface area contributed by atoms with Gasteiger partial charge in [0.15, 0.2) is 5.69 Å². The van der Waals surface area contributed by atoms with Crippen LogP contribution in [0.15, 0.2) is 53.3 Å². The van der Waals surface area contributed by atoms with E-state index in [0.717, 1.165) is 5.56 Å². The fourth-order valence-corrected chi connectivity index (χ4v) is 3.22. The van der Waals surface area contributed by atoms with E-state index in [0.29, 0.717) is 23.6 Å². The molecule has 0 radical (unpaired) electrons. The first kappa shape index (κ1) is 22.5. The molecule has 0 saturated carbocycles. The standard InChI is InChI=1S/C22H22N4O6/c1-14-12-19(27)21(24-25(14)17-6-4-5-7-18(17)26(29)30)22(28)23-11-10-15-13-16(31-2)8-9-20(15)32-3/h4-9,12-13H,10-11H2,1-3H3,(H,23,28). The highest BCUT2D eigenvalue weighted by atomic mass is 16.6. The number of nitrogens with zero attached hydrogens (tertiary/aromatic N) is 3. The lowest BCUT2D eigenvalue weighted by atomic mass is 10.1. The number of carbonyl (C=O) groups excluding carboxylic acids is 1. The van der Waals surface area contributed by atoms with Crippen LogP contribution < -0.4 is 20.2 Å². The Kier molecular flexibility index (Phi) is 6.83. The molecule has 0 spiro atoms. The summed E-state index contributed by atoms with van der Waals surface area (Å²) >= 11 is 0. The van der Waals surface area contributed by atoms with Gasteiger partial charge in [0.25, 0.3) is 11.6 Å². The van der Waals surface area contributed by atoms with Gasteiger partial charge in [-0.2, -0.15) is 5.10 Å². The summed E-state index contributed by atoms with van der Waals surface area (Å²) in [6.07, 6.45) is 0.427. The Bertz CT molecular complexity index is 1220. The molecule has 1 heterocycles. The molecule has 0 aliphatic rings. The molecule has 0 fully saturated rings. The fourth-order valence-electron chi connectivity index (χ4n) is 3.22. The zero-order valence-corrected chi connectivity index (χ0v) is 17.8. The zero-order valence-electron chi connectivity index (χ0n) is 17.8. The third-order valence-electron chi connectivity index (χ3n) is 4.80. The van der Waals surface area contributed by atoms with Crippen molar-refractivity contribution in [2.24, 2.45) is 0 Å². The monoisotopic (exact) mass is 438 g/mol. The minimum absolute atomic E-state index is 0.158. The molecule has 0 unspecified atom stereocenters. The molecule has 0 aliphatic carbocycles. The van der Waals surface area contributed by atoms with E-state index in [-0.39, 0.29) is 23.6 Å². The van der Waals surface area contributed by atoms with E-state index in [1.807, 2.05) is 0 Å². The molecule has 1 N–H and O–H groups in total. The first-order valence-corrected chi connectivity index (χ1v) is 9.69. The highest BCUT2D eigenvalue weighted by Gasteiger charge is 2.20. The number of nitro benzene ring substituents is 1. The number of aryl methyl sites for hydroxylation is 1. The smallest absolute Gasteiger partial charge is 0.294 e. The highest BCUT2D eigenvalue weighted by molar-refractivity contribution is 5.92. The van der Waals surface area contributed by atoms with Gasteiger partial charge < -0.3 is 14.8 Å². The summed E-state index contributed by atoms with van der Waals surface area (Å²) < 4.78 is 11.8. The number of carbonyl (C=O) groups is 1. The molecular weight excluding hydrogens is 416 g/mol. The molecule has 10 nitrogen and oxygen atoms in total. The maximum atomic E-state index is 12.7. The number of hydrogen-bond donors (Lipinski definition) is 1. The quantitative estimate of drug-likeness (QED) is 0.423. The number of aromatic nitrogens is 2. The molecule has 0 aliphatic heterocycles. The van der Waals surface area contributed by atoms with E-state index in [1.165, 1.54) is 28.9 Å². The summed E-state index contributed by atoms with van der Waals surface area (Å²) in [6.45, 7) is 1.80. The number of amides is 1. The minimum atomic E-state index is -0.677. The van der Waals surface area contributed by atoms with Gasteiger partial charge >= 0.3 is 0 Å². The van der Waals surface area contributed by atoms with Gasteiger partial charge in [0.2, 0.25) is 5.43 Å². The third kappa shape index (κ3) is 4.75. The van der Waals surface area contributed by atoms with E-state index in [9.17, 15) is 19.7 Å². The van der Waals surface area contributed by atoms with Crippen molar-refractivity contribution in [3.63, 3.8) is 0 Å². The predicted octanol–water partition coefficient (Wildman–Crippen LogP) is 2.44. The van der Waals surface area contributed by atoms with Crippen LogP contribution in [-0.4, -0.2) is 41.4 Å². The lowest BCUT2D eigenvalue weighted by Gasteiger charge is -2.12. The second-order valence-corrected chi connectivity index (χ2v) is 6.84. The number of rotatable bonds is 8. The Hall–Kier alpha value is -4.21. The molecular formula is C22H22N4O6. The summed E-state index contributed by atoms with van der Waals surface area (Å²) in [4.78, 5) is 35.9. The van der Waals surface area contributed by atoms with Crippen LogP contribution in [0.2, 0.25) is 0 Å². The molecule has 1 aromatic heterocycles. The van der Waals surface area contributed by atoms with Crippen LogP contribution in [-0.2, 0) is 6.42 Å². The Balaban J connectivity index is 1.84. The highest BCUT2D eigenvalue weighted by Crippen LogP contribution is 2.24. The van der Waals surface area contributed by atoms with Gasteiger partial charge in [0.1, 0.15) is 17.2 Å². The zero-order chi connectivity index (χ0) is 23.3. The van der Waals surface area contributed by atoms with Crippen molar-refractivity contribution in [2.45, 2.75) is 13.3 Å². The normalized spacial score (nSPS) is 10.5. The topological polar surface area (TPSA) is 126 Å². The van der Waals surface area contributed by atoms with Crippen molar-refractivity contribution < 1.29 is 19.2 Å². The van der Waals surface area contributed by atoms with Crippen LogP contribution in [0.5, 0.6) is 11.5 Å². The number of nitro groups is 1. The number of para-hydroxylation sites is 2. The predicted molar refractivity (Wildman–Crippen MR) is 117 cm³/mol. The van der Waals surface area contributed by atoms with Crippen LogP contribution in [0.25, 0.3) is 5.69 Å². The first-order chi connectivity index (χ1) is 15.3. The second-order valence-electron chi connectivity index (χ2n) is 6.84. The summed E-state index contributed by atoms with van der Waals surface area (Å²) in [5.74, 6) is 0.621. The molecule has 166 valence electrons. The van der Waals surface area contributed by atoms with E-state index in [4.69, 9.17) is 9.47 Å². The molecule has 1 amide bonds. The lowest BCUT2D eigenvalue weighted by Crippen LogP contribution is -2.33. The van der Waals surface area contributed by atoms with Crippen molar-refractivity contribution in [3.05, 3.63) is 85.8 Å². The lowest BCUT2D eigenvalue weighted by molar-refractivity contribution is -0.384. The summed E-state index contributed by atoms with van der Waals surface area (Å²) in [6, 6.07) is 12.5. The van der Waals surface area contributed by atoms with Crippen LogP contribution in [0.1, 0.15) is 21.7 Å². The number of hydrogen-bond acceptors (Lipinski definition) is 7. The molecule has 32 heavy (non-hydrogen) atoms. The van der Waals surface area contributed by atoms with Crippen LogP contribution >= 0.6 is 0 Å². The van der Waals surface area contributed by atoms with E-state index < -0.39 is 16.3 Å². The average molecular weight is 438 g/mol. The Morgan fingerprint density at radius 3 is 2.59 bits per heavy atom. The minimum Gasteiger partial charge on any atom is -0.497 e. The van der Waals surface area contributed by atoms with Crippen molar-refractivity contribution in [1.82, 2.24) is 15.1 Å².